The Hall–Kier alpha value is -2.96. The Morgan fingerprint density at radius 2 is 2.04 bits per heavy atom. The zero-order valence-corrected chi connectivity index (χ0v) is 14.6. The molecule has 1 aliphatic rings. The Kier molecular flexibility index (Phi) is 5.00. The van der Waals surface area contributed by atoms with Crippen molar-refractivity contribution in [3.8, 4) is 22.8 Å². The van der Waals surface area contributed by atoms with Crippen LogP contribution >= 0.6 is 0 Å². The van der Waals surface area contributed by atoms with Gasteiger partial charge in [0.25, 0.3) is 0 Å². The number of nitrogens with zero attached hydrogens (tertiary/aromatic N) is 3. The number of pyridine rings is 1. The summed E-state index contributed by atoms with van der Waals surface area (Å²) in [6, 6.07) is 10.7. The Balaban J connectivity index is 1.51. The molecular formula is C20H19F2N3O2. The minimum absolute atomic E-state index is 0.0610. The third-order valence-electron chi connectivity index (χ3n) is 4.34. The molecule has 1 aliphatic carbocycles. The molecule has 4 rings (SSSR count). The molecule has 1 aromatic carbocycles. The van der Waals surface area contributed by atoms with E-state index in [0.29, 0.717) is 24.8 Å². The van der Waals surface area contributed by atoms with Gasteiger partial charge in [-0.05, 0) is 54.7 Å². The van der Waals surface area contributed by atoms with Gasteiger partial charge in [-0.3, -0.25) is 9.67 Å². The van der Waals surface area contributed by atoms with Gasteiger partial charge in [-0.25, -0.2) is 0 Å². The molecule has 1 fully saturated rings. The van der Waals surface area contributed by atoms with Crippen molar-refractivity contribution in [2.45, 2.75) is 26.0 Å². The van der Waals surface area contributed by atoms with E-state index in [0.717, 1.165) is 29.7 Å². The van der Waals surface area contributed by atoms with Crippen LogP contribution in [0.4, 0.5) is 8.78 Å². The van der Waals surface area contributed by atoms with Crippen LogP contribution in [0, 0.1) is 5.92 Å². The summed E-state index contributed by atoms with van der Waals surface area (Å²) < 4.78 is 37.3. The number of alkyl halides is 2. The third-order valence-corrected chi connectivity index (χ3v) is 4.34. The van der Waals surface area contributed by atoms with Gasteiger partial charge in [0.15, 0.2) is 11.5 Å². The highest BCUT2D eigenvalue weighted by molar-refractivity contribution is 5.56. The predicted octanol–water partition coefficient (Wildman–Crippen LogP) is 4.38. The molecule has 27 heavy (non-hydrogen) atoms. The van der Waals surface area contributed by atoms with Crippen LogP contribution < -0.4 is 9.47 Å². The van der Waals surface area contributed by atoms with Gasteiger partial charge in [-0.1, -0.05) is 6.07 Å². The molecule has 1 saturated carbocycles. The number of rotatable bonds is 8. The van der Waals surface area contributed by atoms with Crippen LogP contribution in [-0.2, 0) is 6.54 Å². The summed E-state index contributed by atoms with van der Waals surface area (Å²) in [5, 5.41) is 4.55. The lowest BCUT2D eigenvalue weighted by molar-refractivity contribution is -0.0515. The first-order valence-electron chi connectivity index (χ1n) is 8.82. The van der Waals surface area contributed by atoms with Crippen LogP contribution in [0.2, 0.25) is 0 Å². The molecule has 0 bridgehead atoms. The molecule has 0 atom stereocenters. The Labute approximate surface area is 155 Å². The minimum atomic E-state index is -2.88. The van der Waals surface area contributed by atoms with Crippen LogP contribution in [0.3, 0.4) is 0 Å². The maximum Gasteiger partial charge on any atom is 0.387 e. The lowest BCUT2D eigenvalue weighted by Gasteiger charge is -2.13. The smallest absolute Gasteiger partial charge is 0.387 e. The lowest BCUT2D eigenvalue weighted by Crippen LogP contribution is -2.07. The molecule has 2 aromatic heterocycles. The summed E-state index contributed by atoms with van der Waals surface area (Å²) in [5.74, 6) is 0.923. The minimum Gasteiger partial charge on any atom is -0.489 e. The van der Waals surface area contributed by atoms with Crippen LogP contribution in [-0.4, -0.2) is 28.0 Å². The van der Waals surface area contributed by atoms with Crippen molar-refractivity contribution < 1.29 is 18.3 Å². The second-order valence-electron chi connectivity index (χ2n) is 6.55. The van der Waals surface area contributed by atoms with E-state index in [2.05, 4.69) is 14.8 Å². The summed E-state index contributed by atoms with van der Waals surface area (Å²) in [4.78, 5) is 4.10. The van der Waals surface area contributed by atoms with Gasteiger partial charge < -0.3 is 9.47 Å². The summed E-state index contributed by atoms with van der Waals surface area (Å²) in [5.41, 5.74) is 2.65. The Bertz CT molecular complexity index is 895. The van der Waals surface area contributed by atoms with Crippen molar-refractivity contribution in [1.82, 2.24) is 14.8 Å². The van der Waals surface area contributed by atoms with Crippen molar-refractivity contribution in [3.05, 3.63) is 60.6 Å². The summed E-state index contributed by atoms with van der Waals surface area (Å²) in [6.07, 6.45) is 7.58. The molecular weight excluding hydrogens is 352 g/mol. The number of aromatic nitrogens is 3. The van der Waals surface area contributed by atoms with E-state index in [1.807, 2.05) is 24.4 Å². The number of hydrogen-bond acceptors (Lipinski definition) is 4. The first kappa shape index (κ1) is 17.5. The van der Waals surface area contributed by atoms with Gasteiger partial charge in [0, 0.05) is 24.2 Å². The largest absolute Gasteiger partial charge is 0.489 e. The number of ether oxygens (including phenoxy) is 2. The Morgan fingerprint density at radius 1 is 1.15 bits per heavy atom. The van der Waals surface area contributed by atoms with Gasteiger partial charge >= 0.3 is 6.61 Å². The fraction of sp³-hybridized carbons (Fsp3) is 0.300. The highest BCUT2D eigenvalue weighted by Gasteiger charge is 2.23. The first-order valence-corrected chi connectivity index (χ1v) is 8.82. The second-order valence-corrected chi connectivity index (χ2v) is 6.55. The average molecular weight is 371 g/mol. The van der Waals surface area contributed by atoms with E-state index in [4.69, 9.17) is 4.74 Å². The van der Waals surface area contributed by atoms with E-state index < -0.39 is 6.61 Å². The molecule has 5 nitrogen and oxygen atoms in total. The molecule has 7 heteroatoms. The molecule has 0 aliphatic heterocycles. The van der Waals surface area contributed by atoms with Gasteiger partial charge in [0.05, 0.1) is 18.8 Å². The monoisotopic (exact) mass is 371 g/mol. The quantitative estimate of drug-likeness (QED) is 0.589. The predicted molar refractivity (Wildman–Crippen MR) is 95.9 cm³/mol. The fourth-order valence-corrected chi connectivity index (χ4v) is 2.75. The van der Waals surface area contributed by atoms with E-state index in [1.54, 1.807) is 29.2 Å². The molecule has 3 aromatic rings. The standard InChI is InChI=1S/C20H19F2N3O2/c21-20(22)27-18-6-5-15(10-19(18)26-13-14-3-4-14)12-25-9-7-17(24-25)16-2-1-8-23-11-16/h1-2,5-11,14,20H,3-4,12-13H2. The van der Waals surface area contributed by atoms with E-state index in [-0.39, 0.29) is 5.75 Å². The van der Waals surface area contributed by atoms with Crippen LogP contribution in [0.15, 0.2) is 55.0 Å². The van der Waals surface area contributed by atoms with Crippen LogP contribution in [0.5, 0.6) is 11.5 Å². The van der Waals surface area contributed by atoms with Gasteiger partial charge in [0.1, 0.15) is 0 Å². The molecule has 0 amide bonds. The van der Waals surface area contributed by atoms with Gasteiger partial charge in [-0.2, -0.15) is 13.9 Å². The molecule has 0 saturated heterocycles. The normalized spacial score (nSPS) is 13.7. The van der Waals surface area contributed by atoms with Crippen LogP contribution in [0.25, 0.3) is 11.3 Å². The maximum absolute atomic E-state index is 12.6. The van der Waals surface area contributed by atoms with Crippen molar-refractivity contribution in [2.24, 2.45) is 5.92 Å². The summed E-state index contributed by atoms with van der Waals surface area (Å²) >= 11 is 0. The van der Waals surface area contributed by atoms with Gasteiger partial charge in [0.2, 0.25) is 0 Å². The lowest BCUT2D eigenvalue weighted by atomic mass is 10.2. The van der Waals surface area contributed by atoms with E-state index in [1.165, 1.54) is 6.07 Å². The van der Waals surface area contributed by atoms with E-state index in [9.17, 15) is 8.78 Å². The first-order chi connectivity index (χ1) is 13.2. The SMILES string of the molecule is FC(F)Oc1ccc(Cn2ccc(-c3cccnc3)n2)cc1OCC1CC1. The topological polar surface area (TPSA) is 49.2 Å². The van der Waals surface area contributed by atoms with Crippen molar-refractivity contribution in [2.75, 3.05) is 6.61 Å². The zero-order valence-electron chi connectivity index (χ0n) is 14.6. The summed E-state index contributed by atoms with van der Waals surface area (Å²) in [7, 11) is 0. The van der Waals surface area contributed by atoms with Crippen molar-refractivity contribution in [3.63, 3.8) is 0 Å². The van der Waals surface area contributed by atoms with Gasteiger partial charge in [-0.15, -0.1) is 0 Å². The van der Waals surface area contributed by atoms with Crippen molar-refractivity contribution in [1.29, 1.82) is 0 Å². The zero-order chi connectivity index (χ0) is 18.6. The molecule has 0 radical (unpaired) electrons. The molecule has 0 N–H and O–H groups in total. The second kappa shape index (κ2) is 7.73. The molecule has 0 spiro atoms. The van der Waals surface area contributed by atoms with Crippen molar-refractivity contribution >= 4 is 0 Å². The third kappa shape index (κ3) is 4.61. The molecule has 140 valence electrons. The molecule has 0 unspecified atom stereocenters. The fourth-order valence-electron chi connectivity index (χ4n) is 2.75. The van der Waals surface area contributed by atoms with Crippen LogP contribution in [0.1, 0.15) is 18.4 Å². The molecule has 2 heterocycles. The number of benzene rings is 1. The number of hydrogen-bond donors (Lipinski definition) is 0. The Morgan fingerprint density at radius 3 is 2.78 bits per heavy atom. The average Bonchev–Trinajstić information content (AvgIpc) is 3.39. The highest BCUT2D eigenvalue weighted by Crippen LogP contribution is 2.34. The van der Waals surface area contributed by atoms with E-state index >= 15 is 0 Å². The number of halogens is 2. The summed E-state index contributed by atoms with van der Waals surface area (Å²) in [6.45, 7) is -1.86. The maximum atomic E-state index is 12.6. The highest BCUT2D eigenvalue weighted by atomic mass is 19.3.